The molecule has 0 N–H and O–H groups in total. The van der Waals surface area contributed by atoms with E-state index in [1.165, 1.54) is 13.0 Å². The minimum atomic E-state index is -3.83. The zero-order valence-electron chi connectivity index (χ0n) is 8.18. The molecular formula is C9H8ClF3O2S. The zero-order chi connectivity index (χ0) is 12.5. The highest BCUT2D eigenvalue weighted by Crippen LogP contribution is 2.27. The fourth-order valence-electron chi connectivity index (χ4n) is 1.39. The van der Waals surface area contributed by atoms with Gasteiger partial charge in [-0.2, -0.15) is 0 Å². The molecule has 0 fully saturated rings. The molecule has 0 aliphatic rings. The number of alkyl halides is 2. The Morgan fingerprint density at radius 2 is 1.94 bits per heavy atom. The Morgan fingerprint density at radius 3 is 2.31 bits per heavy atom. The molecule has 7 heteroatoms. The molecule has 1 rings (SSSR count). The van der Waals surface area contributed by atoms with Crippen molar-refractivity contribution in [1.82, 2.24) is 0 Å². The average Bonchev–Trinajstić information content (AvgIpc) is 1.96. The number of hydrogen-bond acceptors (Lipinski definition) is 2. The molecule has 0 aliphatic heterocycles. The van der Waals surface area contributed by atoms with Crippen LogP contribution in [-0.4, -0.2) is 8.42 Å². The summed E-state index contributed by atoms with van der Waals surface area (Å²) in [4.78, 5) is 0. The summed E-state index contributed by atoms with van der Waals surface area (Å²) in [6.07, 6.45) is -2.93. The summed E-state index contributed by atoms with van der Waals surface area (Å²) in [6, 6.07) is 1.94. The summed E-state index contributed by atoms with van der Waals surface area (Å²) < 4.78 is 59.4. The van der Waals surface area contributed by atoms with Crippen molar-refractivity contribution in [3.05, 3.63) is 34.6 Å². The van der Waals surface area contributed by atoms with E-state index >= 15 is 0 Å². The fourth-order valence-corrected chi connectivity index (χ4v) is 2.33. The van der Waals surface area contributed by atoms with E-state index in [-0.39, 0.29) is 11.1 Å². The van der Waals surface area contributed by atoms with Crippen LogP contribution >= 0.6 is 10.7 Å². The van der Waals surface area contributed by atoms with Crippen LogP contribution in [0.25, 0.3) is 0 Å². The normalized spacial score (nSPS) is 12.1. The predicted octanol–water partition coefficient (Wildman–Crippen LogP) is 3.14. The van der Waals surface area contributed by atoms with Gasteiger partial charge in [-0.15, -0.1) is 0 Å². The molecule has 0 aliphatic carbocycles. The number of aryl methyl sites for hydroxylation is 1. The predicted molar refractivity (Wildman–Crippen MR) is 54.6 cm³/mol. The van der Waals surface area contributed by atoms with E-state index in [4.69, 9.17) is 10.7 Å². The summed E-state index contributed by atoms with van der Waals surface area (Å²) in [5.74, 6) is -1.71. The maximum Gasteiger partial charge on any atom is 0.266 e. The Kier molecular flexibility index (Phi) is 3.85. The van der Waals surface area contributed by atoms with E-state index in [9.17, 15) is 21.6 Å². The van der Waals surface area contributed by atoms with Crippen LogP contribution in [0.5, 0.6) is 0 Å². The first-order valence-electron chi connectivity index (χ1n) is 4.20. The number of halogens is 4. The quantitative estimate of drug-likeness (QED) is 0.792. The largest absolute Gasteiger partial charge is 0.266 e. The van der Waals surface area contributed by atoms with E-state index in [1.807, 2.05) is 0 Å². The van der Waals surface area contributed by atoms with Crippen LogP contribution in [0.1, 0.15) is 23.1 Å². The fraction of sp³-hybridized carbons (Fsp3) is 0.333. The first kappa shape index (κ1) is 13.3. The maximum atomic E-state index is 13.2. The van der Waals surface area contributed by atoms with Gasteiger partial charge >= 0.3 is 0 Å². The number of benzene rings is 1. The third-order valence-electron chi connectivity index (χ3n) is 1.95. The van der Waals surface area contributed by atoms with Gasteiger partial charge in [0.05, 0.1) is 11.3 Å². The van der Waals surface area contributed by atoms with Crippen LogP contribution in [0.2, 0.25) is 0 Å². The minimum absolute atomic E-state index is 0.00492. The Hall–Kier alpha value is -0.750. The lowest BCUT2D eigenvalue weighted by molar-refractivity contribution is 0.145. The van der Waals surface area contributed by atoms with Crippen LogP contribution in [-0.2, 0) is 14.8 Å². The van der Waals surface area contributed by atoms with Crippen LogP contribution < -0.4 is 0 Å². The van der Waals surface area contributed by atoms with E-state index in [0.29, 0.717) is 0 Å². The van der Waals surface area contributed by atoms with Gasteiger partial charge in [-0.3, -0.25) is 0 Å². The van der Waals surface area contributed by atoms with Gasteiger partial charge in [0.2, 0.25) is 9.05 Å². The van der Waals surface area contributed by atoms with Gasteiger partial charge in [-0.1, -0.05) is 6.07 Å². The first-order valence-corrected chi connectivity index (χ1v) is 6.68. The van der Waals surface area contributed by atoms with Crippen molar-refractivity contribution in [2.24, 2.45) is 0 Å². The van der Waals surface area contributed by atoms with Gasteiger partial charge < -0.3 is 0 Å². The summed E-state index contributed by atoms with van der Waals surface area (Å²) in [5.41, 5.74) is -0.657. The summed E-state index contributed by atoms with van der Waals surface area (Å²) in [5, 5.41) is 0. The maximum absolute atomic E-state index is 13.2. The van der Waals surface area contributed by atoms with Crippen molar-refractivity contribution >= 4 is 19.7 Å². The number of hydrogen-bond donors (Lipinski definition) is 0. The second-order valence-corrected chi connectivity index (χ2v) is 6.07. The number of rotatable bonds is 3. The van der Waals surface area contributed by atoms with Gasteiger partial charge in [0.25, 0.3) is 6.43 Å². The molecule has 2 nitrogen and oxygen atoms in total. The first-order chi connectivity index (χ1) is 7.20. The lowest BCUT2D eigenvalue weighted by Gasteiger charge is -2.08. The highest BCUT2D eigenvalue weighted by atomic mass is 35.7. The van der Waals surface area contributed by atoms with E-state index in [1.54, 1.807) is 0 Å². The van der Waals surface area contributed by atoms with Crippen molar-refractivity contribution in [2.45, 2.75) is 19.1 Å². The van der Waals surface area contributed by atoms with Crippen molar-refractivity contribution in [2.75, 3.05) is 0 Å². The van der Waals surface area contributed by atoms with E-state index in [0.717, 1.165) is 6.07 Å². The van der Waals surface area contributed by atoms with Crippen LogP contribution in [0.4, 0.5) is 13.2 Å². The standard InChI is InChI=1S/C9H8ClF3O2S/c1-5-2-6(4-16(10,14)15)3-7(11)8(5)9(12)13/h2-3,9H,4H2,1H3. The molecule has 0 heterocycles. The molecule has 0 spiro atoms. The van der Waals surface area contributed by atoms with Gasteiger partial charge in [-0.25, -0.2) is 21.6 Å². The molecule has 16 heavy (non-hydrogen) atoms. The van der Waals surface area contributed by atoms with Gasteiger partial charge in [0, 0.05) is 10.7 Å². The molecule has 0 bridgehead atoms. The summed E-state index contributed by atoms with van der Waals surface area (Å²) in [6.45, 7) is 1.29. The Bertz CT molecular complexity index is 476. The highest BCUT2D eigenvalue weighted by molar-refractivity contribution is 8.13. The molecule has 0 atom stereocenters. The Labute approximate surface area is 95.5 Å². The summed E-state index contributed by atoms with van der Waals surface area (Å²) >= 11 is 0. The van der Waals surface area contributed by atoms with Gasteiger partial charge in [0.1, 0.15) is 5.82 Å². The SMILES string of the molecule is Cc1cc(CS(=O)(=O)Cl)cc(F)c1C(F)F. The molecule has 0 aromatic heterocycles. The lowest BCUT2D eigenvalue weighted by atomic mass is 10.1. The summed E-state index contributed by atoms with van der Waals surface area (Å²) in [7, 11) is 1.15. The van der Waals surface area contributed by atoms with E-state index < -0.39 is 32.6 Å². The lowest BCUT2D eigenvalue weighted by Crippen LogP contribution is -2.01. The van der Waals surface area contributed by atoms with Crippen molar-refractivity contribution < 1.29 is 21.6 Å². The molecule has 1 aromatic rings. The van der Waals surface area contributed by atoms with Crippen LogP contribution in [0, 0.1) is 12.7 Å². The molecule has 1 aromatic carbocycles. The molecule has 0 saturated carbocycles. The monoisotopic (exact) mass is 272 g/mol. The highest BCUT2D eigenvalue weighted by Gasteiger charge is 2.18. The average molecular weight is 273 g/mol. The van der Waals surface area contributed by atoms with E-state index in [2.05, 4.69) is 0 Å². The Morgan fingerprint density at radius 1 is 1.38 bits per heavy atom. The van der Waals surface area contributed by atoms with Crippen LogP contribution in [0.15, 0.2) is 12.1 Å². The smallest absolute Gasteiger partial charge is 0.212 e. The minimum Gasteiger partial charge on any atom is -0.212 e. The van der Waals surface area contributed by atoms with Crippen LogP contribution in [0.3, 0.4) is 0 Å². The molecule has 0 amide bonds. The second kappa shape index (κ2) is 4.63. The zero-order valence-corrected chi connectivity index (χ0v) is 9.75. The third kappa shape index (κ3) is 3.38. The second-order valence-electron chi connectivity index (χ2n) is 3.29. The van der Waals surface area contributed by atoms with Crippen molar-refractivity contribution in [1.29, 1.82) is 0 Å². The van der Waals surface area contributed by atoms with Crippen molar-refractivity contribution in [3.63, 3.8) is 0 Å². The molecule has 0 radical (unpaired) electrons. The van der Waals surface area contributed by atoms with Crippen molar-refractivity contribution in [3.8, 4) is 0 Å². The molecule has 0 saturated heterocycles. The Balaban J connectivity index is 3.20. The third-order valence-corrected chi connectivity index (χ3v) is 2.96. The molecule has 0 unspecified atom stereocenters. The van der Waals surface area contributed by atoms with Gasteiger partial charge in [0.15, 0.2) is 0 Å². The molecular weight excluding hydrogens is 265 g/mol. The topological polar surface area (TPSA) is 34.1 Å². The molecule has 90 valence electrons. The van der Waals surface area contributed by atoms with Gasteiger partial charge in [-0.05, 0) is 24.1 Å².